The van der Waals surface area contributed by atoms with Crippen LogP contribution in [0.25, 0.3) is 105 Å². The average molecular weight is 665 g/mol. The summed E-state index contributed by atoms with van der Waals surface area (Å²) in [7, 11) is 0. The zero-order chi connectivity index (χ0) is 34.2. The summed E-state index contributed by atoms with van der Waals surface area (Å²) in [6, 6.07) is 59.2. The highest BCUT2D eigenvalue weighted by Crippen LogP contribution is 2.40. The van der Waals surface area contributed by atoms with Crippen LogP contribution in [0.1, 0.15) is 0 Å². The molecule has 3 aromatic heterocycles. The minimum absolute atomic E-state index is 0.603. The van der Waals surface area contributed by atoms with Gasteiger partial charge in [-0.25, -0.2) is 15.0 Å². The molecule has 0 amide bonds. The molecule has 5 nitrogen and oxygen atoms in total. The molecule has 0 spiro atoms. The van der Waals surface area contributed by atoms with E-state index in [0.717, 1.165) is 55.3 Å². The number of hydrogen-bond donors (Lipinski definition) is 0. The molecule has 8 aromatic carbocycles. The van der Waals surface area contributed by atoms with Crippen LogP contribution in [0.4, 0.5) is 0 Å². The fraction of sp³-hybridized carbons (Fsp3) is 0. The molecule has 11 rings (SSSR count). The van der Waals surface area contributed by atoms with Crippen molar-refractivity contribution in [2.75, 3.05) is 0 Å². The molecule has 0 aliphatic heterocycles. The van der Waals surface area contributed by atoms with Crippen LogP contribution in [0.2, 0.25) is 0 Å². The molecule has 52 heavy (non-hydrogen) atoms. The van der Waals surface area contributed by atoms with Gasteiger partial charge in [-0.05, 0) is 64.0 Å². The van der Waals surface area contributed by atoms with Crippen molar-refractivity contribution in [1.29, 1.82) is 0 Å². The van der Waals surface area contributed by atoms with Crippen molar-refractivity contribution < 1.29 is 4.42 Å². The molecule has 3 heterocycles. The van der Waals surface area contributed by atoms with Gasteiger partial charge in [0.15, 0.2) is 17.5 Å². The Labute approximate surface area is 298 Å². The van der Waals surface area contributed by atoms with Gasteiger partial charge in [-0.1, -0.05) is 121 Å². The van der Waals surface area contributed by atoms with E-state index < -0.39 is 0 Å². The maximum Gasteiger partial charge on any atom is 0.164 e. The molecule has 0 fully saturated rings. The Hall–Kier alpha value is -7.11. The van der Waals surface area contributed by atoms with E-state index in [1.807, 2.05) is 72.8 Å². The van der Waals surface area contributed by atoms with Gasteiger partial charge in [0.05, 0.1) is 11.0 Å². The van der Waals surface area contributed by atoms with Gasteiger partial charge < -0.3 is 8.98 Å². The summed E-state index contributed by atoms with van der Waals surface area (Å²) in [4.78, 5) is 15.0. The summed E-state index contributed by atoms with van der Waals surface area (Å²) >= 11 is 0. The fourth-order valence-corrected chi connectivity index (χ4v) is 7.73. The first kappa shape index (κ1) is 28.7. The van der Waals surface area contributed by atoms with Crippen LogP contribution in [0.3, 0.4) is 0 Å². The van der Waals surface area contributed by atoms with Crippen LogP contribution in [-0.4, -0.2) is 19.5 Å². The van der Waals surface area contributed by atoms with Crippen LogP contribution < -0.4 is 0 Å². The van der Waals surface area contributed by atoms with Crippen molar-refractivity contribution in [3.8, 4) is 39.9 Å². The molecular weight excluding hydrogens is 637 g/mol. The lowest BCUT2D eigenvalue weighted by atomic mass is 10.0. The highest BCUT2D eigenvalue weighted by Gasteiger charge is 2.20. The standard InChI is InChI=1S/C47H28N4O/c1-3-12-29(13-4-1)45-48-46(30-14-5-2-6-15-30)50-47(49-45)37-20-11-21-42-44(37)36-23-22-35(28-43(36)52-42)51-40-26-33-18-9-7-16-31(33)24-38(40)39-25-32-17-8-10-19-34(32)27-41(39)51/h1-28H. The van der Waals surface area contributed by atoms with Crippen molar-refractivity contribution in [2.24, 2.45) is 0 Å². The van der Waals surface area contributed by atoms with Gasteiger partial charge in [-0.2, -0.15) is 0 Å². The Balaban J connectivity index is 1.14. The monoisotopic (exact) mass is 664 g/mol. The van der Waals surface area contributed by atoms with Gasteiger partial charge in [0.25, 0.3) is 0 Å². The average Bonchev–Trinajstić information content (AvgIpc) is 3.73. The minimum Gasteiger partial charge on any atom is -0.456 e. The van der Waals surface area contributed by atoms with E-state index in [2.05, 4.69) is 102 Å². The molecule has 0 N–H and O–H groups in total. The Bertz CT molecular complexity index is 3030. The van der Waals surface area contributed by atoms with E-state index in [9.17, 15) is 0 Å². The molecule has 0 saturated heterocycles. The molecule has 5 heteroatoms. The van der Waals surface area contributed by atoms with Crippen LogP contribution in [0, 0.1) is 0 Å². The third-order valence-electron chi connectivity index (χ3n) is 10.2. The van der Waals surface area contributed by atoms with Crippen LogP contribution in [-0.2, 0) is 0 Å². The molecule has 11 aromatic rings. The summed E-state index contributed by atoms with van der Waals surface area (Å²) in [6.45, 7) is 0. The van der Waals surface area contributed by atoms with Crippen LogP contribution in [0.5, 0.6) is 0 Å². The lowest BCUT2D eigenvalue weighted by molar-refractivity contribution is 0.668. The zero-order valence-corrected chi connectivity index (χ0v) is 27.9. The third kappa shape index (κ3) is 4.46. The van der Waals surface area contributed by atoms with Gasteiger partial charge in [0.1, 0.15) is 11.2 Å². The predicted molar refractivity (Wildman–Crippen MR) is 213 cm³/mol. The fourth-order valence-electron chi connectivity index (χ4n) is 7.73. The lowest BCUT2D eigenvalue weighted by Gasteiger charge is -2.10. The number of aromatic nitrogens is 4. The lowest BCUT2D eigenvalue weighted by Crippen LogP contribution is -2.00. The van der Waals surface area contributed by atoms with Gasteiger partial charge in [0, 0.05) is 50.0 Å². The molecule has 0 aliphatic carbocycles. The largest absolute Gasteiger partial charge is 0.456 e. The topological polar surface area (TPSA) is 56.7 Å². The highest BCUT2D eigenvalue weighted by molar-refractivity contribution is 6.17. The number of furan rings is 1. The Morgan fingerprint density at radius 2 is 0.904 bits per heavy atom. The van der Waals surface area contributed by atoms with Crippen molar-refractivity contribution in [3.63, 3.8) is 0 Å². The van der Waals surface area contributed by atoms with Crippen LogP contribution in [0.15, 0.2) is 174 Å². The zero-order valence-electron chi connectivity index (χ0n) is 27.9. The first-order valence-electron chi connectivity index (χ1n) is 17.4. The number of rotatable bonds is 4. The Kier molecular flexibility index (Phi) is 6.18. The number of hydrogen-bond acceptors (Lipinski definition) is 4. The van der Waals surface area contributed by atoms with Crippen molar-refractivity contribution in [1.82, 2.24) is 19.5 Å². The summed E-state index contributed by atoms with van der Waals surface area (Å²) in [5, 5.41) is 9.31. The number of fused-ring (bicyclic) bond motifs is 8. The Morgan fingerprint density at radius 1 is 0.385 bits per heavy atom. The van der Waals surface area contributed by atoms with Crippen molar-refractivity contribution >= 4 is 65.3 Å². The number of benzene rings is 8. The smallest absolute Gasteiger partial charge is 0.164 e. The predicted octanol–water partition coefficient (Wildman–Crippen LogP) is 12.2. The number of nitrogens with zero attached hydrogens (tertiary/aromatic N) is 4. The van der Waals surface area contributed by atoms with Crippen molar-refractivity contribution in [2.45, 2.75) is 0 Å². The van der Waals surface area contributed by atoms with E-state index in [1.165, 1.54) is 32.3 Å². The maximum atomic E-state index is 6.66. The van der Waals surface area contributed by atoms with Gasteiger partial charge in [0.2, 0.25) is 0 Å². The molecule has 0 unspecified atom stereocenters. The van der Waals surface area contributed by atoms with E-state index in [0.29, 0.717) is 17.5 Å². The second-order valence-corrected chi connectivity index (χ2v) is 13.3. The summed E-state index contributed by atoms with van der Waals surface area (Å²) in [6.07, 6.45) is 0. The third-order valence-corrected chi connectivity index (χ3v) is 10.2. The SMILES string of the molecule is c1ccc(-c2nc(-c3ccccc3)nc(-c3cccc4oc5cc(-n6c7cc8ccccc8cc7c7cc8ccccc8cc76)ccc5c34)n2)cc1. The van der Waals surface area contributed by atoms with Crippen molar-refractivity contribution in [3.05, 3.63) is 170 Å². The van der Waals surface area contributed by atoms with E-state index >= 15 is 0 Å². The first-order valence-corrected chi connectivity index (χ1v) is 17.4. The summed E-state index contributed by atoms with van der Waals surface area (Å²) in [5.74, 6) is 1.86. The van der Waals surface area contributed by atoms with E-state index in [-0.39, 0.29) is 0 Å². The molecule has 0 aliphatic rings. The highest BCUT2D eigenvalue weighted by atomic mass is 16.3. The van der Waals surface area contributed by atoms with Crippen LogP contribution >= 0.6 is 0 Å². The van der Waals surface area contributed by atoms with Gasteiger partial charge in [-0.3, -0.25) is 0 Å². The normalized spacial score (nSPS) is 11.8. The molecule has 242 valence electrons. The molecule has 0 bridgehead atoms. The molecular formula is C47H28N4O. The maximum absolute atomic E-state index is 6.66. The quantitative estimate of drug-likeness (QED) is 0.188. The molecule has 0 radical (unpaired) electrons. The Morgan fingerprint density at radius 3 is 1.48 bits per heavy atom. The summed E-state index contributed by atoms with van der Waals surface area (Å²) in [5.41, 5.74) is 7.71. The van der Waals surface area contributed by atoms with E-state index in [4.69, 9.17) is 19.4 Å². The summed E-state index contributed by atoms with van der Waals surface area (Å²) < 4.78 is 9.04. The van der Waals surface area contributed by atoms with Gasteiger partial charge >= 0.3 is 0 Å². The second-order valence-electron chi connectivity index (χ2n) is 13.3. The van der Waals surface area contributed by atoms with Gasteiger partial charge in [-0.15, -0.1) is 0 Å². The molecule has 0 atom stereocenters. The molecule has 0 saturated carbocycles. The van der Waals surface area contributed by atoms with E-state index in [1.54, 1.807) is 0 Å². The first-order chi connectivity index (χ1) is 25.7. The minimum atomic E-state index is 0.603. The second kappa shape index (κ2) is 11.2.